The van der Waals surface area contributed by atoms with Gasteiger partial charge in [0, 0.05) is 18.8 Å². The molecule has 0 atom stereocenters. The smallest absolute Gasteiger partial charge is 0.150 e. The summed E-state index contributed by atoms with van der Waals surface area (Å²) in [6, 6.07) is 8.04. The van der Waals surface area contributed by atoms with Gasteiger partial charge in [-0.1, -0.05) is 0 Å². The Morgan fingerprint density at radius 3 is 2.88 bits per heavy atom. The predicted molar refractivity (Wildman–Crippen MR) is 66.3 cm³/mol. The third-order valence-corrected chi connectivity index (χ3v) is 2.80. The predicted octanol–water partition coefficient (Wildman–Crippen LogP) is 3.23. The van der Waals surface area contributed by atoms with Crippen LogP contribution in [0.2, 0.25) is 0 Å². The fourth-order valence-electron chi connectivity index (χ4n) is 1.34. The van der Waals surface area contributed by atoms with Crippen LogP contribution in [0.4, 0.5) is 4.39 Å². The normalized spacial score (nSPS) is 10.3. The summed E-state index contributed by atoms with van der Waals surface area (Å²) in [5.41, 5.74) is 6.17. The minimum absolute atomic E-state index is 0.273. The van der Waals surface area contributed by atoms with Crippen molar-refractivity contribution in [2.75, 3.05) is 0 Å². The quantitative estimate of drug-likeness (QED) is 0.946. The lowest BCUT2D eigenvalue weighted by molar-refractivity contribution is 0.467. The van der Waals surface area contributed by atoms with Crippen molar-refractivity contribution in [1.82, 2.24) is 4.98 Å². The van der Waals surface area contributed by atoms with Crippen LogP contribution in [0.5, 0.6) is 11.5 Å². The molecule has 1 heterocycles. The van der Waals surface area contributed by atoms with E-state index >= 15 is 0 Å². The summed E-state index contributed by atoms with van der Waals surface area (Å²) in [7, 11) is 0. The molecule has 2 N–H and O–H groups in total. The van der Waals surface area contributed by atoms with Crippen molar-refractivity contribution < 1.29 is 9.13 Å². The zero-order valence-electron chi connectivity index (χ0n) is 8.86. The van der Waals surface area contributed by atoms with Crippen LogP contribution in [-0.2, 0) is 6.54 Å². The van der Waals surface area contributed by atoms with Crippen LogP contribution in [0.3, 0.4) is 0 Å². The number of halogens is 2. The Hall–Kier alpha value is -1.46. The van der Waals surface area contributed by atoms with Crippen LogP contribution in [-0.4, -0.2) is 4.98 Å². The highest BCUT2D eigenvalue weighted by atomic mass is 79.9. The molecule has 0 saturated carbocycles. The Labute approximate surface area is 107 Å². The van der Waals surface area contributed by atoms with Gasteiger partial charge in [-0.2, -0.15) is 0 Å². The molecule has 2 rings (SSSR count). The number of hydrogen-bond acceptors (Lipinski definition) is 3. The van der Waals surface area contributed by atoms with E-state index in [-0.39, 0.29) is 12.4 Å². The van der Waals surface area contributed by atoms with Crippen LogP contribution < -0.4 is 10.5 Å². The Kier molecular flexibility index (Phi) is 3.71. The SMILES string of the molecule is NCc1ncccc1Oc1ccc(Br)c(F)c1. The molecular formula is C12H10BrFN2O. The number of rotatable bonds is 3. The highest BCUT2D eigenvalue weighted by Crippen LogP contribution is 2.26. The standard InChI is InChI=1S/C12H10BrFN2O/c13-9-4-3-8(6-10(9)14)17-12-2-1-5-16-11(12)7-15/h1-6H,7,15H2. The summed E-state index contributed by atoms with van der Waals surface area (Å²) >= 11 is 3.08. The van der Waals surface area contributed by atoms with Gasteiger partial charge in [0.2, 0.25) is 0 Å². The van der Waals surface area contributed by atoms with E-state index in [1.54, 1.807) is 30.5 Å². The zero-order chi connectivity index (χ0) is 12.3. The minimum Gasteiger partial charge on any atom is -0.455 e. The molecule has 0 bridgehead atoms. The maximum atomic E-state index is 13.3. The van der Waals surface area contributed by atoms with Gasteiger partial charge in [0.25, 0.3) is 0 Å². The molecule has 88 valence electrons. The van der Waals surface area contributed by atoms with Gasteiger partial charge in [-0.25, -0.2) is 4.39 Å². The first kappa shape index (κ1) is 12.0. The fourth-order valence-corrected chi connectivity index (χ4v) is 1.58. The van der Waals surface area contributed by atoms with Crippen LogP contribution in [0, 0.1) is 5.82 Å². The summed E-state index contributed by atoms with van der Waals surface area (Å²) < 4.78 is 19.2. The molecule has 0 fully saturated rings. The molecule has 0 aliphatic heterocycles. The van der Waals surface area contributed by atoms with Crippen molar-refractivity contribution in [3.63, 3.8) is 0 Å². The molecule has 0 unspecified atom stereocenters. The van der Waals surface area contributed by atoms with Crippen molar-refractivity contribution in [2.45, 2.75) is 6.54 Å². The third-order valence-electron chi connectivity index (χ3n) is 2.16. The molecule has 0 saturated heterocycles. The first-order chi connectivity index (χ1) is 8.20. The molecule has 17 heavy (non-hydrogen) atoms. The Morgan fingerprint density at radius 2 is 2.18 bits per heavy atom. The minimum atomic E-state index is -0.374. The Bertz CT molecular complexity index is 534. The molecule has 0 amide bonds. The fraction of sp³-hybridized carbons (Fsp3) is 0.0833. The number of hydrogen-bond donors (Lipinski definition) is 1. The van der Waals surface area contributed by atoms with Crippen LogP contribution in [0.1, 0.15) is 5.69 Å². The van der Waals surface area contributed by atoms with Gasteiger partial charge in [0.15, 0.2) is 0 Å². The molecule has 0 radical (unpaired) electrons. The van der Waals surface area contributed by atoms with E-state index < -0.39 is 0 Å². The van der Waals surface area contributed by atoms with Gasteiger partial charge >= 0.3 is 0 Å². The second-order valence-electron chi connectivity index (χ2n) is 3.33. The number of pyridine rings is 1. The zero-order valence-corrected chi connectivity index (χ0v) is 10.4. The first-order valence-corrected chi connectivity index (χ1v) is 5.77. The summed E-state index contributed by atoms with van der Waals surface area (Å²) in [6.07, 6.45) is 1.64. The Morgan fingerprint density at radius 1 is 1.35 bits per heavy atom. The van der Waals surface area contributed by atoms with Crippen molar-refractivity contribution >= 4 is 15.9 Å². The van der Waals surface area contributed by atoms with Gasteiger partial charge in [0.05, 0.1) is 10.2 Å². The lowest BCUT2D eigenvalue weighted by atomic mass is 10.3. The summed E-state index contributed by atoms with van der Waals surface area (Å²) in [4.78, 5) is 4.08. The van der Waals surface area contributed by atoms with Crippen molar-refractivity contribution in [1.29, 1.82) is 0 Å². The van der Waals surface area contributed by atoms with Crippen LogP contribution in [0.25, 0.3) is 0 Å². The summed E-state index contributed by atoms with van der Waals surface area (Å²) in [5, 5.41) is 0. The molecule has 1 aromatic carbocycles. The molecule has 0 aliphatic rings. The largest absolute Gasteiger partial charge is 0.455 e. The number of aromatic nitrogens is 1. The average molecular weight is 297 g/mol. The average Bonchev–Trinajstić information content (AvgIpc) is 2.34. The lowest BCUT2D eigenvalue weighted by Gasteiger charge is -2.09. The highest BCUT2D eigenvalue weighted by Gasteiger charge is 2.06. The molecule has 1 aromatic heterocycles. The van der Waals surface area contributed by atoms with E-state index in [1.165, 1.54) is 6.07 Å². The molecule has 0 aliphatic carbocycles. The Balaban J connectivity index is 2.28. The van der Waals surface area contributed by atoms with E-state index in [0.29, 0.717) is 21.7 Å². The maximum Gasteiger partial charge on any atom is 0.150 e. The highest BCUT2D eigenvalue weighted by molar-refractivity contribution is 9.10. The topological polar surface area (TPSA) is 48.1 Å². The van der Waals surface area contributed by atoms with Crippen molar-refractivity contribution in [3.05, 3.63) is 52.5 Å². The molecule has 5 heteroatoms. The summed E-state index contributed by atoms with van der Waals surface area (Å²) in [5.74, 6) is 0.575. The van der Waals surface area contributed by atoms with Gasteiger partial charge in [-0.05, 0) is 40.2 Å². The summed E-state index contributed by atoms with van der Waals surface area (Å²) in [6.45, 7) is 0.273. The van der Waals surface area contributed by atoms with Gasteiger partial charge < -0.3 is 10.5 Å². The maximum absolute atomic E-state index is 13.3. The number of nitrogens with two attached hydrogens (primary N) is 1. The molecule has 0 spiro atoms. The second kappa shape index (κ2) is 5.25. The van der Waals surface area contributed by atoms with E-state index in [0.717, 1.165) is 0 Å². The van der Waals surface area contributed by atoms with E-state index in [1.807, 2.05) is 0 Å². The van der Waals surface area contributed by atoms with E-state index in [4.69, 9.17) is 10.5 Å². The number of nitrogens with zero attached hydrogens (tertiary/aromatic N) is 1. The first-order valence-electron chi connectivity index (χ1n) is 4.97. The third kappa shape index (κ3) is 2.81. The van der Waals surface area contributed by atoms with Crippen LogP contribution in [0.15, 0.2) is 41.0 Å². The molecule has 3 nitrogen and oxygen atoms in total. The van der Waals surface area contributed by atoms with Crippen LogP contribution >= 0.6 is 15.9 Å². The molecular weight excluding hydrogens is 287 g/mol. The number of benzene rings is 1. The van der Waals surface area contributed by atoms with E-state index in [9.17, 15) is 4.39 Å². The number of ether oxygens (including phenoxy) is 1. The van der Waals surface area contributed by atoms with Gasteiger partial charge in [-0.3, -0.25) is 4.98 Å². The second-order valence-corrected chi connectivity index (χ2v) is 4.18. The van der Waals surface area contributed by atoms with Gasteiger partial charge in [-0.15, -0.1) is 0 Å². The monoisotopic (exact) mass is 296 g/mol. The van der Waals surface area contributed by atoms with E-state index in [2.05, 4.69) is 20.9 Å². The molecule has 2 aromatic rings. The van der Waals surface area contributed by atoms with Gasteiger partial charge in [0.1, 0.15) is 17.3 Å². The van der Waals surface area contributed by atoms with Crippen molar-refractivity contribution in [2.24, 2.45) is 5.73 Å². The lowest BCUT2D eigenvalue weighted by Crippen LogP contribution is -2.01. The van der Waals surface area contributed by atoms with Crippen molar-refractivity contribution in [3.8, 4) is 11.5 Å².